The normalized spacial score (nSPS) is 17.0. The van der Waals surface area contributed by atoms with E-state index in [1.54, 1.807) is 27.0 Å². The zero-order valence-corrected chi connectivity index (χ0v) is 20.3. The first kappa shape index (κ1) is 24.1. The molecular formula is C23H27FN8O3. The molecule has 3 heterocycles. The molecule has 2 amide bonds. The van der Waals surface area contributed by atoms with Gasteiger partial charge in [0.25, 0.3) is 5.56 Å². The first-order valence-corrected chi connectivity index (χ1v) is 10.9. The first-order valence-electron chi connectivity index (χ1n) is 10.9. The van der Waals surface area contributed by atoms with Crippen molar-refractivity contribution in [2.24, 2.45) is 4.99 Å². The molecule has 3 aromatic rings. The number of hydrogen-bond donors (Lipinski definition) is 5. The SMILES string of the molecule is CNC1(C)N=Cc2nc(-c3cc(NC(=O)Nc4cc(C(C)(C)C)on4)c(F)cc3C)c(=O)[nH]c2N1. The zero-order chi connectivity index (χ0) is 25.5. The van der Waals surface area contributed by atoms with Gasteiger partial charge >= 0.3 is 6.03 Å². The number of nitrogens with one attached hydrogen (secondary N) is 5. The summed E-state index contributed by atoms with van der Waals surface area (Å²) in [7, 11) is 1.73. The summed E-state index contributed by atoms with van der Waals surface area (Å²) >= 11 is 0. The highest BCUT2D eigenvalue weighted by atomic mass is 19.1. The molecule has 2 aromatic heterocycles. The fourth-order valence-electron chi connectivity index (χ4n) is 3.41. The molecule has 5 N–H and O–H groups in total. The zero-order valence-electron chi connectivity index (χ0n) is 20.3. The third-order valence-electron chi connectivity index (χ3n) is 5.55. The highest BCUT2D eigenvalue weighted by molar-refractivity contribution is 5.99. The van der Waals surface area contributed by atoms with Crippen molar-refractivity contribution >= 4 is 29.6 Å². The van der Waals surface area contributed by atoms with Gasteiger partial charge in [0.15, 0.2) is 11.6 Å². The predicted octanol–water partition coefficient (Wildman–Crippen LogP) is 3.55. The number of aromatic nitrogens is 3. The highest BCUT2D eigenvalue weighted by Crippen LogP contribution is 2.28. The fraction of sp³-hybridized carbons (Fsp3) is 0.348. The Hall–Kier alpha value is -4.06. The van der Waals surface area contributed by atoms with E-state index in [0.29, 0.717) is 28.4 Å². The molecule has 1 atom stereocenters. The lowest BCUT2D eigenvalue weighted by atomic mass is 9.93. The summed E-state index contributed by atoms with van der Waals surface area (Å²) in [6.45, 7) is 9.28. The van der Waals surface area contributed by atoms with Crippen LogP contribution in [0.3, 0.4) is 0 Å². The number of benzene rings is 1. The number of aromatic amines is 1. The van der Waals surface area contributed by atoms with Gasteiger partial charge in [0.05, 0.1) is 11.9 Å². The van der Waals surface area contributed by atoms with Gasteiger partial charge in [0.2, 0.25) is 0 Å². The Balaban J connectivity index is 1.61. The van der Waals surface area contributed by atoms with Gasteiger partial charge in [-0.1, -0.05) is 25.9 Å². The van der Waals surface area contributed by atoms with Crippen LogP contribution < -0.4 is 26.8 Å². The number of hydrogen-bond acceptors (Lipinski definition) is 8. The van der Waals surface area contributed by atoms with Crippen LogP contribution in [-0.2, 0) is 5.41 Å². The van der Waals surface area contributed by atoms with Crippen molar-refractivity contribution in [3.8, 4) is 11.3 Å². The monoisotopic (exact) mass is 482 g/mol. The summed E-state index contributed by atoms with van der Waals surface area (Å²) in [5.41, 5.74) is 0.420. The van der Waals surface area contributed by atoms with Gasteiger partial charge < -0.3 is 20.1 Å². The second-order valence-electron chi connectivity index (χ2n) is 9.43. The van der Waals surface area contributed by atoms with E-state index < -0.39 is 23.2 Å². The lowest BCUT2D eigenvalue weighted by Gasteiger charge is -2.30. The molecule has 0 saturated carbocycles. The molecule has 1 aliphatic rings. The molecule has 0 radical (unpaired) electrons. The van der Waals surface area contributed by atoms with E-state index in [0.717, 1.165) is 0 Å². The van der Waals surface area contributed by atoms with Crippen molar-refractivity contribution in [2.45, 2.75) is 45.8 Å². The Morgan fingerprint density at radius 2 is 1.94 bits per heavy atom. The van der Waals surface area contributed by atoms with Crippen LogP contribution in [0, 0.1) is 12.7 Å². The highest BCUT2D eigenvalue weighted by Gasteiger charge is 2.27. The second-order valence-corrected chi connectivity index (χ2v) is 9.43. The van der Waals surface area contributed by atoms with E-state index in [1.807, 2.05) is 20.8 Å². The molecular weight excluding hydrogens is 455 g/mol. The lowest BCUT2D eigenvalue weighted by molar-refractivity contribution is 0.261. The van der Waals surface area contributed by atoms with Gasteiger partial charge in [-0.3, -0.25) is 15.4 Å². The molecule has 35 heavy (non-hydrogen) atoms. The number of H-pyrrole nitrogens is 1. The number of nitrogens with zero attached hydrogens (tertiary/aromatic N) is 3. The van der Waals surface area contributed by atoms with Crippen molar-refractivity contribution in [3.05, 3.63) is 51.4 Å². The van der Waals surface area contributed by atoms with Crippen molar-refractivity contribution in [1.82, 2.24) is 20.4 Å². The van der Waals surface area contributed by atoms with Crippen LogP contribution >= 0.6 is 0 Å². The van der Waals surface area contributed by atoms with Gasteiger partial charge in [-0.2, -0.15) is 0 Å². The molecule has 0 fully saturated rings. The summed E-state index contributed by atoms with van der Waals surface area (Å²) in [5.74, 6) is -0.271. The molecule has 4 rings (SSSR count). The minimum atomic E-state index is -0.785. The van der Waals surface area contributed by atoms with Crippen LogP contribution in [0.1, 0.15) is 44.7 Å². The molecule has 12 heteroatoms. The number of aliphatic imine (C=N–C) groups is 1. The summed E-state index contributed by atoms with van der Waals surface area (Å²) in [6.07, 6.45) is 1.54. The number of anilines is 3. The predicted molar refractivity (Wildman–Crippen MR) is 132 cm³/mol. The van der Waals surface area contributed by atoms with Gasteiger partial charge in [-0.15, -0.1) is 0 Å². The number of carbonyl (C=O) groups is 1. The van der Waals surface area contributed by atoms with Crippen LogP contribution in [0.2, 0.25) is 0 Å². The molecule has 1 aromatic carbocycles. The number of halogens is 1. The lowest BCUT2D eigenvalue weighted by Crippen LogP contribution is -2.48. The van der Waals surface area contributed by atoms with Crippen LogP contribution in [0.15, 0.2) is 32.5 Å². The Morgan fingerprint density at radius 1 is 1.20 bits per heavy atom. The summed E-state index contributed by atoms with van der Waals surface area (Å²) in [4.78, 5) is 36.9. The molecule has 0 spiro atoms. The van der Waals surface area contributed by atoms with Crippen LogP contribution in [0.4, 0.5) is 26.5 Å². The van der Waals surface area contributed by atoms with Crippen molar-refractivity contribution in [2.75, 3.05) is 23.0 Å². The number of fused-ring (bicyclic) bond motifs is 1. The van der Waals surface area contributed by atoms with E-state index in [-0.39, 0.29) is 22.6 Å². The third kappa shape index (κ3) is 4.92. The van der Waals surface area contributed by atoms with Crippen LogP contribution in [0.25, 0.3) is 11.3 Å². The first-order chi connectivity index (χ1) is 16.4. The minimum Gasteiger partial charge on any atom is -0.359 e. The topological polar surface area (TPSA) is 149 Å². The molecule has 1 aliphatic heterocycles. The summed E-state index contributed by atoms with van der Waals surface area (Å²) < 4.78 is 19.9. The number of amides is 2. The Morgan fingerprint density at radius 3 is 2.60 bits per heavy atom. The minimum absolute atomic E-state index is 0.0670. The largest absolute Gasteiger partial charge is 0.359 e. The molecule has 1 unspecified atom stereocenters. The molecule has 11 nitrogen and oxygen atoms in total. The maximum atomic E-state index is 14.7. The van der Waals surface area contributed by atoms with E-state index in [9.17, 15) is 14.0 Å². The van der Waals surface area contributed by atoms with E-state index in [1.165, 1.54) is 18.3 Å². The van der Waals surface area contributed by atoms with Crippen LogP contribution in [-0.4, -0.2) is 40.2 Å². The van der Waals surface area contributed by atoms with E-state index >= 15 is 0 Å². The fourth-order valence-corrected chi connectivity index (χ4v) is 3.41. The Bertz CT molecular complexity index is 1390. The molecule has 0 saturated heterocycles. The third-order valence-corrected chi connectivity index (χ3v) is 5.55. The molecule has 0 bridgehead atoms. The van der Waals surface area contributed by atoms with E-state index in [4.69, 9.17) is 4.52 Å². The van der Waals surface area contributed by atoms with Crippen molar-refractivity contribution in [1.29, 1.82) is 0 Å². The van der Waals surface area contributed by atoms with Gasteiger partial charge in [-0.25, -0.2) is 19.2 Å². The van der Waals surface area contributed by atoms with Crippen molar-refractivity contribution < 1.29 is 13.7 Å². The van der Waals surface area contributed by atoms with E-state index in [2.05, 4.69) is 41.4 Å². The average molecular weight is 483 g/mol. The van der Waals surface area contributed by atoms with Crippen LogP contribution in [0.5, 0.6) is 0 Å². The van der Waals surface area contributed by atoms with Gasteiger partial charge in [-0.05, 0) is 38.6 Å². The Labute approximate surface area is 200 Å². The number of carbonyl (C=O) groups excluding carboxylic acids is 1. The average Bonchev–Trinajstić information content (AvgIpc) is 3.24. The maximum Gasteiger partial charge on any atom is 0.325 e. The summed E-state index contributed by atoms with van der Waals surface area (Å²) in [5, 5.41) is 14.8. The van der Waals surface area contributed by atoms with Crippen molar-refractivity contribution in [3.63, 3.8) is 0 Å². The molecule has 0 aliphatic carbocycles. The standard InChI is InChI=1S/C23H27FN8O3/c1-11-7-13(24)14(28-21(34)29-17-9-16(35-32-17)22(2,3)4)8-12(11)18-20(33)30-19-15(27-18)10-26-23(5,25-6)31-19/h7-10,25H,1-6H3,(H2,30,31,33)(H2,28,29,32,34). The molecule has 184 valence electrons. The summed E-state index contributed by atoms with van der Waals surface area (Å²) in [6, 6.07) is 3.47. The quantitative estimate of drug-likeness (QED) is 0.382. The number of urea groups is 1. The number of rotatable bonds is 4. The number of aryl methyl sites for hydroxylation is 1. The Kier molecular flexibility index (Phi) is 5.93. The maximum absolute atomic E-state index is 14.7. The van der Waals surface area contributed by atoms with Gasteiger partial charge in [0.1, 0.15) is 28.8 Å². The van der Waals surface area contributed by atoms with Gasteiger partial charge in [0, 0.05) is 17.0 Å². The second kappa shape index (κ2) is 8.62. The smallest absolute Gasteiger partial charge is 0.325 e.